The number of amides is 1. The monoisotopic (exact) mass is 437 g/mol. The van der Waals surface area contributed by atoms with Crippen LogP contribution in [0, 0.1) is 6.92 Å². The third kappa shape index (κ3) is 5.62. The van der Waals surface area contributed by atoms with Crippen molar-refractivity contribution in [2.45, 2.75) is 38.9 Å². The Labute approximate surface area is 186 Å². The number of nitrogens with one attached hydrogen (secondary N) is 1. The van der Waals surface area contributed by atoms with Gasteiger partial charge >= 0.3 is 0 Å². The zero-order valence-electron chi connectivity index (χ0n) is 17.9. The van der Waals surface area contributed by atoms with Crippen LogP contribution < -0.4 is 10.2 Å². The summed E-state index contributed by atoms with van der Waals surface area (Å²) < 4.78 is 0. The van der Waals surface area contributed by atoms with Crippen molar-refractivity contribution in [3.63, 3.8) is 0 Å². The van der Waals surface area contributed by atoms with Gasteiger partial charge in [0.15, 0.2) is 5.82 Å². The molecule has 9 heteroatoms. The molecule has 4 rings (SSSR count). The molecule has 3 aromatic rings. The second-order valence-corrected chi connectivity index (χ2v) is 9.00. The molecule has 0 aliphatic carbocycles. The number of benzene rings is 1. The van der Waals surface area contributed by atoms with E-state index < -0.39 is 0 Å². The predicted molar refractivity (Wildman–Crippen MR) is 121 cm³/mol. The van der Waals surface area contributed by atoms with E-state index in [1.165, 1.54) is 16.9 Å². The molecule has 0 bridgehead atoms. The Morgan fingerprint density at radius 1 is 1.23 bits per heavy atom. The molecule has 31 heavy (non-hydrogen) atoms. The van der Waals surface area contributed by atoms with E-state index in [0.717, 1.165) is 42.3 Å². The largest absolute Gasteiger partial charge is 0.351 e. The van der Waals surface area contributed by atoms with Gasteiger partial charge in [-0.05, 0) is 44.5 Å². The van der Waals surface area contributed by atoms with Crippen LogP contribution in [0.3, 0.4) is 0 Å². The van der Waals surface area contributed by atoms with E-state index in [1.807, 2.05) is 43.3 Å². The lowest BCUT2D eigenvalue weighted by atomic mass is 10.1. The molecule has 1 amide bonds. The van der Waals surface area contributed by atoms with E-state index in [-0.39, 0.29) is 5.91 Å². The Balaban J connectivity index is 1.29. The number of aromatic nitrogens is 4. The molecule has 0 saturated carbocycles. The molecular weight excluding hydrogens is 410 g/mol. The summed E-state index contributed by atoms with van der Waals surface area (Å²) in [6, 6.07) is 12.4. The maximum Gasteiger partial charge on any atom is 0.282 e. The smallest absolute Gasteiger partial charge is 0.282 e. The summed E-state index contributed by atoms with van der Waals surface area (Å²) in [5.41, 5.74) is 2.26. The van der Waals surface area contributed by atoms with E-state index in [4.69, 9.17) is 0 Å². The Bertz CT molecular complexity index is 993. The van der Waals surface area contributed by atoms with Crippen LogP contribution in [-0.4, -0.2) is 57.4 Å². The summed E-state index contributed by atoms with van der Waals surface area (Å²) in [6.45, 7) is 5.08. The highest BCUT2D eigenvalue weighted by Crippen LogP contribution is 2.24. The van der Waals surface area contributed by atoms with E-state index in [2.05, 4.69) is 42.6 Å². The van der Waals surface area contributed by atoms with Crippen LogP contribution in [0.5, 0.6) is 0 Å². The van der Waals surface area contributed by atoms with Gasteiger partial charge in [-0.2, -0.15) is 5.10 Å². The van der Waals surface area contributed by atoms with Crippen molar-refractivity contribution in [2.24, 2.45) is 0 Å². The summed E-state index contributed by atoms with van der Waals surface area (Å²) in [5, 5.41) is 20.7. The van der Waals surface area contributed by atoms with Crippen molar-refractivity contribution < 1.29 is 4.79 Å². The lowest BCUT2D eigenvalue weighted by molar-refractivity contribution is 0.0950. The molecule has 8 nitrogen and oxygen atoms in total. The first kappa shape index (κ1) is 21.3. The zero-order valence-corrected chi connectivity index (χ0v) is 18.7. The minimum absolute atomic E-state index is 0.184. The summed E-state index contributed by atoms with van der Waals surface area (Å²) in [6.07, 6.45) is 3.98. The van der Waals surface area contributed by atoms with Crippen molar-refractivity contribution in [3.05, 3.63) is 63.7 Å². The molecule has 2 aromatic heterocycles. The molecule has 1 aliphatic rings. The molecule has 1 saturated heterocycles. The highest BCUT2D eigenvalue weighted by molar-refractivity contribution is 7.13. The highest BCUT2D eigenvalue weighted by Gasteiger charge is 2.27. The number of anilines is 1. The number of likely N-dealkylation sites (N-methyl/N-ethyl adjacent to an activating group) is 1. The minimum Gasteiger partial charge on any atom is -0.351 e. The maximum atomic E-state index is 12.4. The molecule has 1 aromatic carbocycles. The van der Waals surface area contributed by atoms with E-state index in [0.29, 0.717) is 24.1 Å². The van der Waals surface area contributed by atoms with Crippen molar-refractivity contribution in [1.82, 2.24) is 30.6 Å². The van der Waals surface area contributed by atoms with Gasteiger partial charge in [0.25, 0.3) is 5.91 Å². The van der Waals surface area contributed by atoms with Gasteiger partial charge in [-0.1, -0.05) is 41.2 Å². The van der Waals surface area contributed by atoms with Gasteiger partial charge in [-0.15, -0.1) is 15.3 Å². The number of nitrogens with zero attached hydrogens (tertiary/aromatic N) is 6. The molecule has 1 atom stereocenters. The van der Waals surface area contributed by atoms with Gasteiger partial charge in [-0.25, -0.2) is 0 Å². The quantitative estimate of drug-likeness (QED) is 0.580. The average molecular weight is 438 g/mol. The number of aryl methyl sites for hydroxylation is 1. The van der Waals surface area contributed by atoms with Crippen molar-refractivity contribution in [2.75, 3.05) is 25.0 Å². The van der Waals surface area contributed by atoms with Gasteiger partial charge < -0.3 is 10.2 Å². The molecule has 1 unspecified atom stereocenters. The molecule has 162 valence electrons. The minimum atomic E-state index is -0.184. The van der Waals surface area contributed by atoms with Crippen LogP contribution in [0.2, 0.25) is 0 Å². The van der Waals surface area contributed by atoms with Crippen molar-refractivity contribution >= 4 is 23.1 Å². The third-order valence-electron chi connectivity index (χ3n) is 5.39. The van der Waals surface area contributed by atoms with E-state index in [9.17, 15) is 4.79 Å². The number of carbonyl (C=O) groups excluding carboxylic acids is 1. The Hall–Kier alpha value is -2.91. The van der Waals surface area contributed by atoms with Crippen LogP contribution in [-0.2, 0) is 13.1 Å². The number of rotatable bonds is 8. The Kier molecular flexibility index (Phi) is 6.83. The fraction of sp³-hybridized carbons (Fsp3) is 0.409. The van der Waals surface area contributed by atoms with Gasteiger partial charge in [0, 0.05) is 31.9 Å². The van der Waals surface area contributed by atoms with Crippen molar-refractivity contribution in [3.8, 4) is 0 Å². The van der Waals surface area contributed by atoms with Crippen LogP contribution in [0.1, 0.15) is 38.8 Å². The number of hydrogen-bond donors (Lipinski definition) is 1. The molecule has 0 radical (unpaired) electrons. The lowest BCUT2D eigenvalue weighted by Crippen LogP contribution is -2.39. The van der Waals surface area contributed by atoms with Crippen LogP contribution in [0.25, 0.3) is 0 Å². The summed E-state index contributed by atoms with van der Waals surface area (Å²) in [5.74, 6) is 0.749. The van der Waals surface area contributed by atoms with E-state index >= 15 is 0 Å². The Morgan fingerprint density at radius 3 is 2.84 bits per heavy atom. The first-order chi connectivity index (χ1) is 15.1. The molecule has 1 fully saturated rings. The van der Waals surface area contributed by atoms with Gasteiger partial charge in [0.2, 0.25) is 5.01 Å². The van der Waals surface area contributed by atoms with Gasteiger partial charge in [0.1, 0.15) is 5.01 Å². The highest BCUT2D eigenvalue weighted by atomic mass is 32.1. The zero-order chi connectivity index (χ0) is 21.6. The molecule has 0 spiro atoms. The Morgan fingerprint density at radius 2 is 2.06 bits per heavy atom. The summed E-state index contributed by atoms with van der Waals surface area (Å²) in [4.78, 5) is 17.0. The average Bonchev–Trinajstić information content (AvgIpc) is 3.43. The molecule has 1 aliphatic heterocycles. The standard InChI is InChI=1S/C22H27N7OS/c1-16-7-9-17(10-8-16)13-23-21(30)22-27-26-20(31-22)15-28(2)14-18-5-4-12-29(18)19-6-3-11-24-25-19/h3,6-11,18H,4-5,12-15H2,1-2H3,(H,23,30). The normalized spacial score (nSPS) is 16.1. The van der Waals surface area contributed by atoms with Gasteiger partial charge in [-0.3, -0.25) is 9.69 Å². The molecule has 1 N–H and O–H groups in total. The first-order valence-corrected chi connectivity index (χ1v) is 11.3. The molecular formula is C22H27N7OS. The van der Waals surface area contributed by atoms with Crippen LogP contribution in [0.15, 0.2) is 42.6 Å². The van der Waals surface area contributed by atoms with Crippen molar-refractivity contribution in [1.29, 1.82) is 0 Å². The fourth-order valence-electron chi connectivity index (χ4n) is 3.80. The second kappa shape index (κ2) is 9.93. The topological polar surface area (TPSA) is 87.1 Å². The predicted octanol–water partition coefficient (Wildman–Crippen LogP) is 2.67. The van der Waals surface area contributed by atoms with Crippen LogP contribution >= 0.6 is 11.3 Å². The first-order valence-electron chi connectivity index (χ1n) is 10.5. The van der Waals surface area contributed by atoms with Crippen LogP contribution in [0.4, 0.5) is 5.82 Å². The maximum absolute atomic E-state index is 12.4. The SMILES string of the molecule is Cc1ccc(CNC(=O)c2nnc(CN(C)CC3CCCN3c3cccnn3)s2)cc1. The van der Waals surface area contributed by atoms with Gasteiger partial charge in [0.05, 0.1) is 6.54 Å². The second-order valence-electron chi connectivity index (χ2n) is 7.94. The summed E-state index contributed by atoms with van der Waals surface area (Å²) >= 11 is 1.35. The number of carbonyl (C=O) groups is 1. The third-order valence-corrected chi connectivity index (χ3v) is 6.30. The number of hydrogen-bond acceptors (Lipinski definition) is 8. The molecule has 3 heterocycles. The lowest BCUT2D eigenvalue weighted by Gasteiger charge is -2.28. The summed E-state index contributed by atoms with van der Waals surface area (Å²) in [7, 11) is 2.08. The van der Waals surface area contributed by atoms with E-state index in [1.54, 1.807) is 6.20 Å². The fourth-order valence-corrected chi connectivity index (χ4v) is 4.64.